The fourth-order valence-electron chi connectivity index (χ4n) is 1.47. The average molecular weight is 192 g/mol. The van der Waals surface area contributed by atoms with Crippen molar-refractivity contribution >= 4 is 6.08 Å². The molecule has 0 amide bonds. The fourth-order valence-corrected chi connectivity index (χ4v) is 1.47. The Morgan fingerprint density at radius 1 is 1.50 bits per heavy atom. The number of rotatable bonds is 1. The summed E-state index contributed by atoms with van der Waals surface area (Å²) in [5, 5.41) is 0. The van der Waals surface area contributed by atoms with Crippen molar-refractivity contribution in [1.82, 2.24) is 0 Å². The molecule has 3 nitrogen and oxygen atoms in total. The van der Waals surface area contributed by atoms with Crippen molar-refractivity contribution in [1.29, 1.82) is 0 Å². The van der Waals surface area contributed by atoms with Crippen LogP contribution in [-0.4, -0.2) is 6.10 Å². The third-order valence-electron chi connectivity index (χ3n) is 2.23. The fraction of sp³-hybridized carbons (Fsp3) is 0.364. The molecule has 0 radical (unpaired) electrons. The number of fused-ring (bicyclic) bond motifs is 1. The van der Waals surface area contributed by atoms with Gasteiger partial charge >= 0.3 is 5.63 Å². The first-order chi connectivity index (χ1) is 6.70. The normalized spacial score (nSPS) is 18.9. The van der Waals surface area contributed by atoms with E-state index in [1.54, 1.807) is 19.1 Å². The van der Waals surface area contributed by atoms with E-state index in [1.165, 1.54) is 0 Å². The molecule has 0 saturated carbocycles. The molecule has 0 aromatic carbocycles. The summed E-state index contributed by atoms with van der Waals surface area (Å²) in [5.74, 6) is 1.21. The van der Waals surface area contributed by atoms with Crippen molar-refractivity contribution in [3.63, 3.8) is 0 Å². The molecule has 0 fully saturated rings. The van der Waals surface area contributed by atoms with Crippen molar-refractivity contribution < 1.29 is 9.15 Å². The van der Waals surface area contributed by atoms with Gasteiger partial charge in [0.15, 0.2) is 0 Å². The van der Waals surface area contributed by atoms with Gasteiger partial charge in [0.2, 0.25) is 0 Å². The molecule has 2 rings (SSSR count). The van der Waals surface area contributed by atoms with E-state index in [2.05, 4.69) is 0 Å². The standard InChI is InChI=1S/C11H12O3/c1-3-8-4-5-9-10(14-8)6-7(2)13-11(9)12/h4-6,8H,3H2,1-2H3. The Morgan fingerprint density at radius 2 is 2.29 bits per heavy atom. The van der Waals surface area contributed by atoms with Gasteiger partial charge in [-0.25, -0.2) is 4.79 Å². The van der Waals surface area contributed by atoms with E-state index in [0.29, 0.717) is 17.1 Å². The summed E-state index contributed by atoms with van der Waals surface area (Å²) in [4.78, 5) is 11.4. The van der Waals surface area contributed by atoms with Crippen LogP contribution in [0.5, 0.6) is 5.75 Å². The number of aryl methyl sites for hydroxylation is 1. The van der Waals surface area contributed by atoms with Crippen LogP contribution in [0.2, 0.25) is 0 Å². The molecular formula is C11H12O3. The Bertz CT molecular complexity index is 429. The van der Waals surface area contributed by atoms with E-state index in [9.17, 15) is 4.79 Å². The lowest BCUT2D eigenvalue weighted by Crippen LogP contribution is -2.19. The van der Waals surface area contributed by atoms with Gasteiger partial charge in [0.05, 0.1) is 0 Å². The molecule has 1 aliphatic rings. The van der Waals surface area contributed by atoms with Crippen LogP contribution in [0, 0.1) is 6.92 Å². The number of hydrogen-bond acceptors (Lipinski definition) is 3. The molecule has 2 heterocycles. The van der Waals surface area contributed by atoms with Gasteiger partial charge in [-0.3, -0.25) is 0 Å². The predicted molar refractivity (Wildman–Crippen MR) is 53.5 cm³/mol. The molecule has 3 heteroatoms. The minimum atomic E-state index is -0.328. The lowest BCUT2D eigenvalue weighted by Gasteiger charge is -2.19. The van der Waals surface area contributed by atoms with Crippen molar-refractivity contribution in [2.75, 3.05) is 0 Å². The molecule has 0 bridgehead atoms. The first kappa shape index (κ1) is 9.06. The summed E-state index contributed by atoms with van der Waals surface area (Å²) < 4.78 is 10.6. The maximum atomic E-state index is 11.4. The molecule has 0 spiro atoms. The molecule has 1 aromatic heterocycles. The van der Waals surface area contributed by atoms with Crippen LogP contribution in [0.1, 0.15) is 24.7 Å². The largest absolute Gasteiger partial charge is 0.485 e. The molecule has 1 aromatic rings. The van der Waals surface area contributed by atoms with Gasteiger partial charge in [0.1, 0.15) is 23.2 Å². The van der Waals surface area contributed by atoms with Gasteiger partial charge in [0.25, 0.3) is 0 Å². The van der Waals surface area contributed by atoms with Crippen LogP contribution in [0.4, 0.5) is 0 Å². The second kappa shape index (κ2) is 3.33. The molecule has 74 valence electrons. The zero-order chi connectivity index (χ0) is 10.1. The monoisotopic (exact) mass is 192 g/mol. The molecule has 0 saturated heterocycles. The molecule has 1 atom stereocenters. The van der Waals surface area contributed by atoms with Crippen molar-refractivity contribution in [2.45, 2.75) is 26.4 Å². The van der Waals surface area contributed by atoms with Crippen LogP contribution in [0.25, 0.3) is 6.08 Å². The van der Waals surface area contributed by atoms with Crippen molar-refractivity contribution in [3.8, 4) is 5.75 Å². The SMILES string of the molecule is CCC1C=Cc2c(cc(C)oc2=O)O1. The molecule has 0 aliphatic carbocycles. The van der Waals surface area contributed by atoms with Gasteiger partial charge in [0, 0.05) is 6.07 Å². The maximum Gasteiger partial charge on any atom is 0.346 e. The molecule has 1 aliphatic heterocycles. The second-order valence-electron chi connectivity index (χ2n) is 3.35. The van der Waals surface area contributed by atoms with Crippen molar-refractivity contribution in [3.05, 3.63) is 33.9 Å². The van der Waals surface area contributed by atoms with E-state index >= 15 is 0 Å². The highest BCUT2D eigenvalue weighted by Gasteiger charge is 2.16. The van der Waals surface area contributed by atoms with Crippen molar-refractivity contribution in [2.24, 2.45) is 0 Å². The highest BCUT2D eigenvalue weighted by molar-refractivity contribution is 5.58. The van der Waals surface area contributed by atoms with Crippen LogP contribution >= 0.6 is 0 Å². The van der Waals surface area contributed by atoms with Crippen LogP contribution in [0.3, 0.4) is 0 Å². The summed E-state index contributed by atoms with van der Waals surface area (Å²) >= 11 is 0. The van der Waals surface area contributed by atoms with Gasteiger partial charge in [-0.2, -0.15) is 0 Å². The van der Waals surface area contributed by atoms with E-state index < -0.39 is 0 Å². The van der Waals surface area contributed by atoms with Gasteiger partial charge in [-0.1, -0.05) is 6.92 Å². The Labute approximate surface area is 82.0 Å². The molecule has 14 heavy (non-hydrogen) atoms. The average Bonchev–Trinajstić information content (AvgIpc) is 2.16. The molecular weight excluding hydrogens is 180 g/mol. The highest BCUT2D eigenvalue weighted by Crippen LogP contribution is 2.24. The summed E-state index contributed by atoms with van der Waals surface area (Å²) in [6, 6.07) is 1.75. The summed E-state index contributed by atoms with van der Waals surface area (Å²) in [6.07, 6.45) is 4.63. The summed E-state index contributed by atoms with van der Waals surface area (Å²) in [7, 11) is 0. The lowest BCUT2D eigenvalue weighted by molar-refractivity contribution is 0.237. The summed E-state index contributed by atoms with van der Waals surface area (Å²) in [5.41, 5.74) is 0.186. The Hall–Kier alpha value is -1.51. The first-order valence-corrected chi connectivity index (χ1v) is 4.70. The minimum absolute atomic E-state index is 0.0729. The van der Waals surface area contributed by atoms with Gasteiger partial charge < -0.3 is 9.15 Å². The number of hydrogen-bond donors (Lipinski definition) is 0. The Morgan fingerprint density at radius 3 is 3.00 bits per heavy atom. The van der Waals surface area contributed by atoms with E-state index in [1.807, 2.05) is 13.0 Å². The quantitative estimate of drug-likeness (QED) is 0.684. The Balaban J connectivity index is 2.51. The van der Waals surface area contributed by atoms with Gasteiger partial charge in [-0.05, 0) is 25.5 Å². The Kier molecular flexibility index (Phi) is 2.15. The van der Waals surface area contributed by atoms with E-state index in [4.69, 9.17) is 9.15 Å². The lowest BCUT2D eigenvalue weighted by atomic mass is 10.1. The highest BCUT2D eigenvalue weighted by atomic mass is 16.5. The smallest absolute Gasteiger partial charge is 0.346 e. The van der Waals surface area contributed by atoms with Crippen LogP contribution in [0.15, 0.2) is 21.4 Å². The third kappa shape index (κ3) is 1.45. The topological polar surface area (TPSA) is 39.4 Å². The third-order valence-corrected chi connectivity index (χ3v) is 2.23. The molecule has 1 unspecified atom stereocenters. The van der Waals surface area contributed by atoms with Crippen LogP contribution in [-0.2, 0) is 0 Å². The predicted octanol–water partition coefficient (Wildman–Crippen LogP) is 2.13. The zero-order valence-corrected chi connectivity index (χ0v) is 8.24. The van der Waals surface area contributed by atoms with Gasteiger partial charge in [-0.15, -0.1) is 0 Å². The van der Waals surface area contributed by atoms with E-state index in [-0.39, 0.29) is 11.7 Å². The zero-order valence-electron chi connectivity index (χ0n) is 8.24. The van der Waals surface area contributed by atoms with Crippen LogP contribution < -0.4 is 10.4 Å². The first-order valence-electron chi connectivity index (χ1n) is 4.70. The maximum absolute atomic E-state index is 11.4. The number of ether oxygens (including phenoxy) is 1. The van der Waals surface area contributed by atoms with E-state index in [0.717, 1.165) is 6.42 Å². The summed E-state index contributed by atoms with van der Waals surface area (Å²) in [6.45, 7) is 3.78. The minimum Gasteiger partial charge on any atom is -0.485 e. The molecule has 0 N–H and O–H groups in total. The second-order valence-corrected chi connectivity index (χ2v) is 3.35.